The zero-order valence-corrected chi connectivity index (χ0v) is 11.5. The molecule has 0 spiro atoms. The first-order chi connectivity index (χ1) is 8.97. The van der Waals surface area contributed by atoms with Crippen molar-refractivity contribution in [2.75, 3.05) is 0 Å². The molecule has 0 aliphatic carbocycles. The second-order valence-corrected chi connectivity index (χ2v) is 4.74. The lowest BCUT2D eigenvalue weighted by molar-refractivity contribution is -0.385. The molecule has 0 aliphatic heterocycles. The molecule has 0 unspecified atom stereocenters. The van der Waals surface area contributed by atoms with Crippen molar-refractivity contribution in [1.82, 2.24) is 0 Å². The monoisotopic (exact) mass is 325 g/mol. The zero-order valence-electron chi connectivity index (χ0n) is 9.89. The molecule has 2 aromatic carbocycles. The fraction of sp³-hybridized carbons (Fsp3) is 0.0769. The Morgan fingerprint density at radius 1 is 1.32 bits per heavy atom. The number of aryl methyl sites for hydroxylation is 1. The lowest BCUT2D eigenvalue weighted by Gasteiger charge is -2.10. The molecule has 0 amide bonds. The summed E-state index contributed by atoms with van der Waals surface area (Å²) in [6.07, 6.45) is 0. The molecule has 2 aromatic rings. The number of benzene rings is 2. The Morgan fingerprint density at radius 2 is 2.05 bits per heavy atom. The molecular formula is C13H9BrFNO3. The first-order valence-corrected chi connectivity index (χ1v) is 6.14. The molecule has 0 aliphatic rings. The van der Waals surface area contributed by atoms with Gasteiger partial charge in [-0.3, -0.25) is 10.1 Å². The fourth-order valence-corrected chi connectivity index (χ4v) is 2.22. The topological polar surface area (TPSA) is 52.4 Å². The van der Waals surface area contributed by atoms with Gasteiger partial charge in [0, 0.05) is 18.2 Å². The predicted molar refractivity (Wildman–Crippen MR) is 72.0 cm³/mol. The largest absolute Gasteiger partial charge is 0.456 e. The van der Waals surface area contributed by atoms with E-state index < -0.39 is 10.7 Å². The van der Waals surface area contributed by atoms with Crippen LogP contribution < -0.4 is 4.74 Å². The van der Waals surface area contributed by atoms with Crippen LogP contribution in [0.2, 0.25) is 0 Å². The van der Waals surface area contributed by atoms with Crippen molar-refractivity contribution in [2.45, 2.75) is 6.92 Å². The molecule has 0 saturated heterocycles. The van der Waals surface area contributed by atoms with E-state index in [1.165, 1.54) is 30.3 Å². The summed E-state index contributed by atoms with van der Waals surface area (Å²) >= 11 is 3.22. The van der Waals surface area contributed by atoms with Gasteiger partial charge in [-0.15, -0.1) is 0 Å². The highest BCUT2D eigenvalue weighted by Gasteiger charge is 2.14. The second kappa shape index (κ2) is 5.36. The number of hydrogen-bond donors (Lipinski definition) is 0. The minimum Gasteiger partial charge on any atom is -0.456 e. The zero-order chi connectivity index (χ0) is 14.0. The third-order valence-electron chi connectivity index (χ3n) is 2.44. The van der Waals surface area contributed by atoms with E-state index in [2.05, 4.69) is 15.9 Å². The van der Waals surface area contributed by atoms with Gasteiger partial charge in [-0.2, -0.15) is 0 Å². The van der Waals surface area contributed by atoms with Crippen LogP contribution in [0.1, 0.15) is 5.56 Å². The van der Waals surface area contributed by atoms with Crippen LogP contribution in [0.5, 0.6) is 11.5 Å². The van der Waals surface area contributed by atoms with Crippen LogP contribution in [-0.2, 0) is 0 Å². The minimum atomic E-state index is -0.482. The van der Waals surface area contributed by atoms with Gasteiger partial charge in [0.1, 0.15) is 17.3 Å². The van der Waals surface area contributed by atoms with Crippen molar-refractivity contribution in [3.63, 3.8) is 0 Å². The van der Waals surface area contributed by atoms with Crippen LogP contribution >= 0.6 is 15.9 Å². The van der Waals surface area contributed by atoms with Gasteiger partial charge in [-0.05, 0) is 40.5 Å². The average molecular weight is 326 g/mol. The Morgan fingerprint density at radius 3 is 2.63 bits per heavy atom. The Kier molecular flexibility index (Phi) is 3.80. The Hall–Kier alpha value is -1.95. The summed E-state index contributed by atoms with van der Waals surface area (Å²) < 4.78 is 19.1. The van der Waals surface area contributed by atoms with E-state index in [1.54, 1.807) is 13.0 Å². The highest BCUT2D eigenvalue weighted by Crippen LogP contribution is 2.36. The van der Waals surface area contributed by atoms with Crippen molar-refractivity contribution >= 4 is 21.6 Å². The van der Waals surface area contributed by atoms with Gasteiger partial charge < -0.3 is 4.74 Å². The second-order valence-electron chi connectivity index (χ2n) is 3.89. The van der Waals surface area contributed by atoms with Crippen molar-refractivity contribution in [3.8, 4) is 11.5 Å². The molecule has 2 rings (SSSR count). The molecule has 0 atom stereocenters. The number of ether oxygens (including phenoxy) is 1. The summed E-state index contributed by atoms with van der Waals surface area (Å²) in [5, 5.41) is 10.7. The molecule has 0 bridgehead atoms. The van der Waals surface area contributed by atoms with Gasteiger partial charge in [0.25, 0.3) is 5.69 Å². The summed E-state index contributed by atoms with van der Waals surface area (Å²) in [6, 6.07) is 8.44. The van der Waals surface area contributed by atoms with E-state index in [-0.39, 0.29) is 5.69 Å². The summed E-state index contributed by atoms with van der Waals surface area (Å²) in [4.78, 5) is 10.2. The molecule has 19 heavy (non-hydrogen) atoms. The van der Waals surface area contributed by atoms with Crippen molar-refractivity contribution in [3.05, 3.63) is 62.4 Å². The number of nitro benzene ring substituents is 1. The Balaban J connectivity index is 2.38. The first-order valence-electron chi connectivity index (χ1n) is 5.35. The normalized spacial score (nSPS) is 10.3. The molecular weight excluding hydrogens is 317 g/mol. The third kappa shape index (κ3) is 3.08. The Labute approximate surface area is 117 Å². The van der Waals surface area contributed by atoms with E-state index >= 15 is 0 Å². The maximum absolute atomic E-state index is 13.1. The highest BCUT2D eigenvalue weighted by atomic mass is 79.9. The van der Waals surface area contributed by atoms with Crippen LogP contribution in [0.3, 0.4) is 0 Å². The van der Waals surface area contributed by atoms with Crippen LogP contribution in [0.25, 0.3) is 0 Å². The van der Waals surface area contributed by atoms with Crippen LogP contribution in [-0.4, -0.2) is 4.92 Å². The lowest BCUT2D eigenvalue weighted by atomic mass is 10.2. The number of nitrogens with zero attached hydrogens (tertiary/aromatic N) is 1. The van der Waals surface area contributed by atoms with Crippen molar-refractivity contribution in [2.24, 2.45) is 0 Å². The molecule has 98 valence electrons. The standard InChI is InChI=1S/C13H9BrFNO3/c1-8-5-10(16(17)18)7-12(14)13(8)19-11-4-2-3-9(15)6-11/h2-7H,1H3. The Bertz CT molecular complexity index is 623. The summed E-state index contributed by atoms with van der Waals surface area (Å²) in [6.45, 7) is 1.69. The van der Waals surface area contributed by atoms with Gasteiger partial charge in [-0.1, -0.05) is 6.07 Å². The lowest BCUT2D eigenvalue weighted by Crippen LogP contribution is -1.93. The van der Waals surface area contributed by atoms with Crippen LogP contribution in [0, 0.1) is 22.9 Å². The molecule has 0 heterocycles. The minimum absolute atomic E-state index is 0.0315. The van der Waals surface area contributed by atoms with Crippen molar-refractivity contribution in [1.29, 1.82) is 0 Å². The summed E-state index contributed by atoms with van der Waals surface area (Å²) in [7, 11) is 0. The predicted octanol–water partition coefficient (Wildman–Crippen LogP) is 4.60. The summed E-state index contributed by atoms with van der Waals surface area (Å²) in [5.41, 5.74) is 0.557. The molecule has 0 aromatic heterocycles. The number of non-ortho nitro benzene ring substituents is 1. The molecule has 0 N–H and O–H groups in total. The maximum atomic E-state index is 13.1. The molecule has 6 heteroatoms. The van der Waals surface area contributed by atoms with Gasteiger partial charge in [0.05, 0.1) is 9.40 Å². The van der Waals surface area contributed by atoms with E-state index in [1.807, 2.05) is 0 Å². The maximum Gasteiger partial charge on any atom is 0.271 e. The third-order valence-corrected chi connectivity index (χ3v) is 3.03. The van der Waals surface area contributed by atoms with E-state index in [0.717, 1.165) is 0 Å². The quantitative estimate of drug-likeness (QED) is 0.612. The summed E-state index contributed by atoms with van der Waals surface area (Å²) in [5.74, 6) is 0.349. The van der Waals surface area contributed by atoms with E-state index in [4.69, 9.17) is 4.74 Å². The molecule has 4 nitrogen and oxygen atoms in total. The van der Waals surface area contributed by atoms with Gasteiger partial charge in [0.15, 0.2) is 0 Å². The number of rotatable bonds is 3. The molecule has 0 fully saturated rings. The molecule has 0 saturated carbocycles. The number of halogens is 2. The fourth-order valence-electron chi connectivity index (χ4n) is 1.60. The van der Waals surface area contributed by atoms with Crippen LogP contribution in [0.15, 0.2) is 40.9 Å². The van der Waals surface area contributed by atoms with Gasteiger partial charge >= 0.3 is 0 Å². The van der Waals surface area contributed by atoms with Gasteiger partial charge in [-0.25, -0.2) is 4.39 Å². The van der Waals surface area contributed by atoms with E-state index in [9.17, 15) is 14.5 Å². The van der Waals surface area contributed by atoms with E-state index in [0.29, 0.717) is 21.5 Å². The van der Waals surface area contributed by atoms with Crippen molar-refractivity contribution < 1.29 is 14.1 Å². The van der Waals surface area contributed by atoms with Gasteiger partial charge in [0.2, 0.25) is 0 Å². The molecule has 0 radical (unpaired) electrons. The number of hydrogen-bond acceptors (Lipinski definition) is 3. The highest BCUT2D eigenvalue weighted by molar-refractivity contribution is 9.10. The average Bonchev–Trinajstić information content (AvgIpc) is 2.33. The SMILES string of the molecule is Cc1cc([N+](=O)[O-])cc(Br)c1Oc1cccc(F)c1. The van der Waals surface area contributed by atoms with Crippen LogP contribution in [0.4, 0.5) is 10.1 Å². The number of nitro groups is 1. The smallest absolute Gasteiger partial charge is 0.271 e. The first kappa shape index (κ1) is 13.5.